The van der Waals surface area contributed by atoms with Crippen LogP contribution in [0.25, 0.3) is 38.1 Å². The van der Waals surface area contributed by atoms with Crippen LogP contribution in [0.4, 0.5) is 10.5 Å². The smallest absolute Gasteiger partial charge is 0.321 e. The molecule has 204 valence electrons. The maximum atomic E-state index is 13.8. The number of hydrogen-bond acceptors (Lipinski definition) is 3. The maximum absolute atomic E-state index is 13.8. The molecule has 1 aromatic heterocycles. The second-order valence-corrected chi connectivity index (χ2v) is 10.8. The Kier molecular flexibility index (Phi) is 7.21. The Morgan fingerprint density at radius 1 is 0.805 bits per heavy atom. The summed E-state index contributed by atoms with van der Waals surface area (Å²) in [4.78, 5) is 34.2. The minimum absolute atomic E-state index is 0.114. The maximum Gasteiger partial charge on any atom is 0.321 e. The van der Waals surface area contributed by atoms with Gasteiger partial charge in [-0.15, -0.1) is 0 Å². The van der Waals surface area contributed by atoms with Gasteiger partial charge in [0.15, 0.2) is 0 Å². The summed E-state index contributed by atoms with van der Waals surface area (Å²) in [6.45, 7) is 5.17. The van der Waals surface area contributed by atoms with Gasteiger partial charge in [0.1, 0.15) is 5.82 Å². The van der Waals surface area contributed by atoms with Crippen LogP contribution in [-0.4, -0.2) is 33.6 Å². The summed E-state index contributed by atoms with van der Waals surface area (Å²) in [6, 6.07) is 35.3. The van der Waals surface area contributed by atoms with Crippen LogP contribution in [0, 0.1) is 5.92 Å². The number of amides is 2. The Balaban J connectivity index is 1.35. The zero-order chi connectivity index (χ0) is 28.3. The lowest BCUT2D eigenvalue weighted by Gasteiger charge is -2.26. The van der Waals surface area contributed by atoms with E-state index in [1.54, 1.807) is 4.57 Å². The van der Waals surface area contributed by atoms with E-state index in [4.69, 9.17) is 4.98 Å². The molecule has 0 saturated heterocycles. The predicted octanol–water partition coefficient (Wildman–Crippen LogP) is 7.42. The van der Waals surface area contributed by atoms with E-state index in [0.29, 0.717) is 36.2 Å². The number of benzene rings is 5. The van der Waals surface area contributed by atoms with Crippen molar-refractivity contribution in [2.24, 2.45) is 5.92 Å². The first-order valence-corrected chi connectivity index (χ1v) is 14.0. The van der Waals surface area contributed by atoms with Crippen LogP contribution in [0.5, 0.6) is 0 Å². The van der Waals surface area contributed by atoms with Crippen molar-refractivity contribution >= 4 is 44.2 Å². The number of aromatic nitrogens is 2. The molecular weight excluding hydrogens is 508 g/mol. The van der Waals surface area contributed by atoms with E-state index in [0.717, 1.165) is 32.9 Å². The lowest BCUT2D eigenvalue weighted by Crippen LogP contribution is -2.39. The van der Waals surface area contributed by atoms with Gasteiger partial charge in [-0.3, -0.25) is 9.36 Å². The molecule has 6 aromatic rings. The van der Waals surface area contributed by atoms with Gasteiger partial charge in [-0.1, -0.05) is 92.7 Å². The van der Waals surface area contributed by atoms with Crippen molar-refractivity contribution in [3.05, 3.63) is 125 Å². The molecule has 6 heteroatoms. The molecule has 0 fully saturated rings. The number of rotatable bonds is 7. The molecule has 6 rings (SSSR count). The summed E-state index contributed by atoms with van der Waals surface area (Å²) in [5.41, 5.74) is 2.08. The van der Waals surface area contributed by atoms with E-state index in [-0.39, 0.29) is 17.5 Å². The second kappa shape index (κ2) is 11.3. The Morgan fingerprint density at radius 2 is 1.49 bits per heavy atom. The minimum Gasteiger partial charge on any atom is -0.324 e. The fraction of sp³-hybridized carbons (Fsp3) is 0.171. The number of nitrogens with one attached hydrogen (secondary N) is 1. The van der Waals surface area contributed by atoms with Crippen LogP contribution >= 0.6 is 0 Å². The van der Waals surface area contributed by atoms with Gasteiger partial charge in [0, 0.05) is 24.9 Å². The van der Waals surface area contributed by atoms with Crippen LogP contribution < -0.4 is 10.9 Å². The van der Waals surface area contributed by atoms with Crippen molar-refractivity contribution in [3.63, 3.8) is 0 Å². The van der Waals surface area contributed by atoms with Crippen molar-refractivity contribution in [1.82, 2.24) is 14.5 Å². The largest absolute Gasteiger partial charge is 0.324 e. The zero-order valence-electron chi connectivity index (χ0n) is 23.2. The molecule has 5 aromatic carbocycles. The summed E-state index contributed by atoms with van der Waals surface area (Å²) in [5, 5.41) is 7.92. The molecule has 0 unspecified atom stereocenters. The quantitative estimate of drug-likeness (QED) is 0.229. The first-order valence-electron chi connectivity index (χ1n) is 14.0. The zero-order valence-corrected chi connectivity index (χ0v) is 23.2. The third-order valence-corrected chi connectivity index (χ3v) is 7.35. The Bertz CT molecular complexity index is 1940. The summed E-state index contributed by atoms with van der Waals surface area (Å²) in [7, 11) is 0. The van der Waals surface area contributed by atoms with Crippen molar-refractivity contribution < 1.29 is 4.79 Å². The fourth-order valence-corrected chi connectivity index (χ4v) is 5.41. The number of fused-ring (bicyclic) bond motifs is 3. The van der Waals surface area contributed by atoms with Crippen LogP contribution in [0.1, 0.15) is 19.7 Å². The molecule has 0 aliphatic heterocycles. The van der Waals surface area contributed by atoms with E-state index in [2.05, 4.69) is 25.2 Å². The molecule has 6 nitrogen and oxygen atoms in total. The number of carbonyl (C=O) groups excluding carboxylic acids is 1. The molecule has 0 spiro atoms. The lowest BCUT2D eigenvalue weighted by atomic mass is 10.1. The molecule has 0 aliphatic rings. The number of urea groups is 1. The summed E-state index contributed by atoms with van der Waals surface area (Å²) in [5.74, 6) is 0.885. The molecule has 0 radical (unpaired) electrons. The van der Waals surface area contributed by atoms with Crippen LogP contribution in [-0.2, 0) is 6.42 Å². The molecule has 0 saturated carbocycles. The Morgan fingerprint density at radius 3 is 2.29 bits per heavy atom. The highest BCUT2D eigenvalue weighted by Gasteiger charge is 2.19. The topological polar surface area (TPSA) is 67.2 Å². The van der Waals surface area contributed by atoms with Crippen molar-refractivity contribution in [2.45, 2.75) is 20.3 Å². The standard InChI is InChI=1S/C35H32N4O2/c1-24(2)23-38(35(41)37-31-17-9-13-26-11-5-6-14-29(26)31)21-20-33-36-32-16-8-7-15-30(32)34(40)39(33)28-19-18-25-10-3-4-12-27(25)22-28/h3-19,22,24H,20-21,23H2,1-2H3,(H,37,41). The number of carbonyl (C=O) groups is 1. The average Bonchev–Trinajstić information content (AvgIpc) is 2.99. The van der Waals surface area contributed by atoms with E-state index in [9.17, 15) is 9.59 Å². The fourth-order valence-electron chi connectivity index (χ4n) is 5.41. The predicted molar refractivity (Wildman–Crippen MR) is 168 cm³/mol. The molecule has 1 heterocycles. The normalized spacial score (nSPS) is 11.4. The molecule has 0 bridgehead atoms. The van der Waals surface area contributed by atoms with Gasteiger partial charge < -0.3 is 10.2 Å². The summed E-state index contributed by atoms with van der Waals surface area (Å²) >= 11 is 0. The first kappa shape index (κ1) is 26.3. The number of para-hydroxylation sites is 1. The molecule has 2 amide bonds. The van der Waals surface area contributed by atoms with Gasteiger partial charge in [0.05, 0.1) is 22.3 Å². The molecule has 41 heavy (non-hydrogen) atoms. The third-order valence-electron chi connectivity index (χ3n) is 7.35. The third kappa shape index (κ3) is 5.41. The van der Waals surface area contributed by atoms with Gasteiger partial charge in [0.2, 0.25) is 0 Å². The average molecular weight is 541 g/mol. The van der Waals surface area contributed by atoms with Crippen LogP contribution in [0.3, 0.4) is 0 Å². The first-order chi connectivity index (χ1) is 20.0. The number of nitrogens with zero attached hydrogens (tertiary/aromatic N) is 3. The monoisotopic (exact) mass is 540 g/mol. The van der Waals surface area contributed by atoms with Crippen molar-refractivity contribution in [1.29, 1.82) is 0 Å². The lowest BCUT2D eigenvalue weighted by molar-refractivity contribution is 0.205. The van der Waals surface area contributed by atoms with E-state index in [1.165, 1.54) is 0 Å². The van der Waals surface area contributed by atoms with Gasteiger partial charge in [-0.05, 0) is 52.4 Å². The van der Waals surface area contributed by atoms with Gasteiger partial charge in [-0.25, -0.2) is 9.78 Å². The number of anilines is 1. The Labute approximate surface area is 238 Å². The van der Waals surface area contributed by atoms with Crippen molar-refractivity contribution in [2.75, 3.05) is 18.4 Å². The molecule has 0 atom stereocenters. The highest BCUT2D eigenvalue weighted by molar-refractivity contribution is 6.01. The number of hydrogen-bond donors (Lipinski definition) is 1. The van der Waals surface area contributed by atoms with E-state index in [1.807, 2.05) is 108 Å². The van der Waals surface area contributed by atoms with E-state index < -0.39 is 0 Å². The molecular formula is C35H32N4O2. The highest BCUT2D eigenvalue weighted by Crippen LogP contribution is 2.24. The molecule has 1 N–H and O–H groups in total. The van der Waals surface area contributed by atoms with Crippen LogP contribution in [0.2, 0.25) is 0 Å². The van der Waals surface area contributed by atoms with Gasteiger partial charge >= 0.3 is 6.03 Å². The van der Waals surface area contributed by atoms with Crippen molar-refractivity contribution in [3.8, 4) is 5.69 Å². The van der Waals surface area contributed by atoms with Crippen LogP contribution in [0.15, 0.2) is 114 Å². The van der Waals surface area contributed by atoms with Gasteiger partial charge in [-0.2, -0.15) is 0 Å². The minimum atomic E-state index is -0.171. The van der Waals surface area contributed by atoms with Gasteiger partial charge in [0.25, 0.3) is 5.56 Å². The summed E-state index contributed by atoms with van der Waals surface area (Å²) < 4.78 is 1.70. The summed E-state index contributed by atoms with van der Waals surface area (Å²) in [6.07, 6.45) is 0.419. The Hall–Kier alpha value is -4.97. The van der Waals surface area contributed by atoms with E-state index >= 15 is 0 Å². The molecule has 0 aliphatic carbocycles. The second-order valence-electron chi connectivity index (χ2n) is 10.8. The SMILES string of the molecule is CC(C)CN(CCc1nc2ccccc2c(=O)n1-c1ccc2ccccc2c1)C(=O)Nc1cccc2ccccc12. The highest BCUT2D eigenvalue weighted by atomic mass is 16.2.